The summed E-state index contributed by atoms with van der Waals surface area (Å²) < 4.78 is 73.5. The standard InChI is InChI=1S/C9H11F4N3O2S/c1-14-7-3-2-6(4-15-7)19(17,18)16-5-9(12,13)8(10)11/h2-4,8,16H,5H2,1H3,(H,14,15). The van der Waals surface area contributed by atoms with E-state index < -0.39 is 33.8 Å². The second-order valence-corrected chi connectivity index (χ2v) is 5.28. The molecule has 0 saturated carbocycles. The summed E-state index contributed by atoms with van der Waals surface area (Å²) in [6.45, 7) is -1.68. The number of anilines is 1. The van der Waals surface area contributed by atoms with Gasteiger partial charge in [-0.3, -0.25) is 0 Å². The average Bonchev–Trinajstić information content (AvgIpc) is 2.36. The van der Waals surface area contributed by atoms with Crippen LogP contribution in [0.2, 0.25) is 0 Å². The van der Waals surface area contributed by atoms with Crippen LogP contribution in [-0.4, -0.2) is 39.3 Å². The molecule has 1 heterocycles. The van der Waals surface area contributed by atoms with Gasteiger partial charge >= 0.3 is 12.3 Å². The Morgan fingerprint density at radius 2 is 2.00 bits per heavy atom. The van der Waals surface area contributed by atoms with Crippen LogP contribution in [-0.2, 0) is 10.0 Å². The van der Waals surface area contributed by atoms with Crippen molar-refractivity contribution >= 4 is 15.8 Å². The predicted molar refractivity (Wildman–Crippen MR) is 59.9 cm³/mol. The van der Waals surface area contributed by atoms with E-state index in [0.29, 0.717) is 5.82 Å². The molecule has 1 aromatic heterocycles. The van der Waals surface area contributed by atoms with Crippen molar-refractivity contribution in [2.24, 2.45) is 0 Å². The van der Waals surface area contributed by atoms with Crippen molar-refractivity contribution in [3.05, 3.63) is 18.3 Å². The highest BCUT2D eigenvalue weighted by Crippen LogP contribution is 2.22. The van der Waals surface area contributed by atoms with Crippen molar-refractivity contribution in [3.8, 4) is 0 Å². The van der Waals surface area contributed by atoms with Crippen molar-refractivity contribution < 1.29 is 26.0 Å². The first-order valence-corrected chi connectivity index (χ1v) is 6.47. The van der Waals surface area contributed by atoms with Crippen LogP contribution in [0, 0.1) is 0 Å². The monoisotopic (exact) mass is 301 g/mol. The van der Waals surface area contributed by atoms with Crippen molar-refractivity contribution in [1.82, 2.24) is 9.71 Å². The Morgan fingerprint density at radius 1 is 1.37 bits per heavy atom. The number of aromatic nitrogens is 1. The van der Waals surface area contributed by atoms with Gasteiger partial charge in [-0.2, -0.15) is 8.78 Å². The van der Waals surface area contributed by atoms with Crippen molar-refractivity contribution in [2.45, 2.75) is 17.2 Å². The summed E-state index contributed by atoms with van der Waals surface area (Å²) in [5, 5.41) is 2.63. The lowest BCUT2D eigenvalue weighted by molar-refractivity contribution is -0.122. The molecule has 0 unspecified atom stereocenters. The van der Waals surface area contributed by atoms with Crippen LogP contribution in [0.15, 0.2) is 23.2 Å². The maximum atomic E-state index is 12.6. The minimum absolute atomic E-state index is 0.372. The van der Waals surface area contributed by atoms with Gasteiger partial charge < -0.3 is 5.32 Å². The molecule has 0 aliphatic heterocycles. The normalized spacial score (nSPS) is 12.7. The molecule has 108 valence electrons. The van der Waals surface area contributed by atoms with Gasteiger partial charge in [-0.1, -0.05) is 0 Å². The van der Waals surface area contributed by atoms with E-state index in [1.807, 2.05) is 0 Å². The van der Waals surface area contributed by atoms with Crippen LogP contribution < -0.4 is 10.0 Å². The van der Waals surface area contributed by atoms with Crippen LogP contribution in [0.4, 0.5) is 23.4 Å². The Hall–Kier alpha value is -1.42. The number of halogens is 4. The van der Waals surface area contributed by atoms with E-state index in [0.717, 1.165) is 12.3 Å². The molecule has 0 atom stereocenters. The fraction of sp³-hybridized carbons (Fsp3) is 0.444. The smallest absolute Gasteiger partial charge is 0.320 e. The van der Waals surface area contributed by atoms with Gasteiger partial charge in [0, 0.05) is 13.2 Å². The average molecular weight is 301 g/mol. The number of rotatable bonds is 6. The number of hydrogen-bond acceptors (Lipinski definition) is 4. The molecule has 0 fully saturated rings. The summed E-state index contributed by atoms with van der Waals surface area (Å²) in [5.41, 5.74) is 0. The van der Waals surface area contributed by atoms with Crippen LogP contribution in [0.25, 0.3) is 0 Å². The highest BCUT2D eigenvalue weighted by molar-refractivity contribution is 7.89. The predicted octanol–water partition coefficient (Wildman–Crippen LogP) is 1.30. The molecule has 10 heteroatoms. The number of nitrogens with zero attached hydrogens (tertiary/aromatic N) is 1. The highest BCUT2D eigenvalue weighted by Gasteiger charge is 2.41. The Kier molecular flexibility index (Phi) is 4.69. The molecule has 1 aromatic rings. The molecule has 0 radical (unpaired) electrons. The number of sulfonamides is 1. The second kappa shape index (κ2) is 5.70. The van der Waals surface area contributed by atoms with E-state index in [9.17, 15) is 26.0 Å². The number of pyridine rings is 1. The molecule has 2 N–H and O–H groups in total. The quantitative estimate of drug-likeness (QED) is 0.777. The van der Waals surface area contributed by atoms with E-state index in [4.69, 9.17) is 0 Å². The van der Waals surface area contributed by atoms with Crippen LogP contribution in [0.1, 0.15) is 0 Å². The molecule has 0 saturated heterocycles. The van der Waals surface area contributed by atoms with Crippen LogP contribution in [0.3, 0.4) is 0 Å². The number of alkyl halides is 4. The Bertz CT molecular complexity index is 519. The minimum atomic E-state index is -4.43. The second-order valence-electron chi connectivity index (χ2n) is 3.52. The molecule has 19 heavy (non-hydrogen) atoms. The molecule has 0 aliphatic carbocycles. The largest absolute Gasteiger partial charge is 0.373 e. The van der Waals surface area contributed by atoms with Gasteiger partial charge in [0.2, 0.25) is 10.0 Å². The molecule has 0 aromatic carbocycles. The Morgan fingerprint density at radius 3 is 2.42 bits per heavy atom. The summed E-state index contributed by atoms with van der Waals surface area (Å²) in [7, 11) is -2.75. The minimum Gasteiger partial charge on any atom is -0.373 e. The maximum absolute atomic E-state index is 12.6. The zero-order chi connectivity index (χ0) is 14.7. The van der Waals surface area contributed by atoms with E-state index in [2.05, 4.69) is 10.3 Å². The Labute approximate surface area is 107 Å². The van der Waals surface area contributed by atoms with Gasteiger partial charge in [0.05, 0.1) is 6.54 Å². The van der Waals surface area contributed by atoms with E-state index in [-0.39, 0.29) is 0 Å². The first-order valence-electron chi connectivity index (χ1n) is 4.98. The lowest BCUT2D eigenvalue weighted by atomic mass is 10.4. The molecular formula is C9H11F4N3O2S. The zero-order valence-electron chi connectivity index (χ0n) is 9.70. The van der Waals surface area contributed by atoms with E-state index in [1.54, 1.807) is 7.05 Å². The third kappa shape index (κ3) is 4.03. The fourth-order valence-electron chi connectivity index (χ4n) is 1.04. The van der Waals surface area contributed by atoms with Crippen LogP contribution in [0.5, 0.6) is 0 Å². The summed E-state index contributed by atoms with van der Waals surface area (Å²) in [4.78, 5) is 3.29. The first-order chi connectivity index (χ1) is 8.69. The van der Waals surface area contributed by atoms with Crippen molar-refractivity contribution in [3.63, 3.8) is 0 Å². The molecule has 0 bridgehead atoms. The van der Waals surface area contributed by atoms with E-state index >= 15 is 0 Å². The van der Waals surface area contributed by atoms with Gasteiger partial charge in [-0.15, -0.1) is 0 Å². The third-order valence-corrected chi connectivity index (χ3v) is 3.51. The molecule has 0 aliphatic rings. The summed E-state index contributed by atoms with van der Waals surface area (Å²) >= 11 is 0. The summed E-state index contributed by atoms with van der Waals surface area (Å²) in [6, 6.07) is 2.42. The van der Waals surface area contributed by atoms with Crippen molar-refractivity contribution in [1.29, 1.82) is 0 Å². The molecule has 0 amide bonds. The number of nitrogens with one attached hydrogen (secondary N) is 2. The summed E-state index contributed by atoms with van der Waals surface area (Å²) in [6.07, 6.45) is -3.02. The lowest BCUT2D eigenvalue weighted by Gasteiger charge is -2.15. The molecule has 5 nitrogen and oxygen atoms in total. The zero-order valence-corrected chi connectivity index (χ0v) is 10.5. The third-order valence-electron chi connectivity index (χ3n) is 2.12. The van der Waals surface area contributed by atoms with E-state index in [1.165, 1.54) is 10.8 Å². The Balaban J connectivity index is 2.81. The molecule has 0 spiro atoms. The van der Waals surface area contributed by atoms with Gasteiger partial charge in [0.1, 0.15) is 10.7 Å². The topological polar surface area (TPSA) is 71.1 Å². The van der Waals surface area contributed by atoms with Gasteiger partial charge in [0.15, 0.2) is 0 Å². The first kappa shape index (κ1) is 15.6. The summed E-state index contributed by atoms with van der Waals surface area (Å²) in [5.74, 6) is -4.05. The lowest BCUT2D eigenvalue weighted by Crippen LogP contribution is -2.41. The number of hydrogen-bond donors (Lipinski definition) is 2. The van der Waals surface area contributed by atoms with Crippen molar-refractivity contribution in [2.75, 3.05) is 18.9 Å². The molecular weight excluding hydrogens is 290 g/mol. The molecule has 1 rings (SSSR count). The fourth-order valence-corrected chi connectivity index (χ4v) is 2.03. The van der Waals surface area contributed by atoms with Gasteiger partial charge in [0.25, 0.3) is 0 Å². The van der Waals surface area contributed by atoms with Gasteiger partial charge in [-0.05, 0) is 12.1 Å². The maximum Gasteiger partial charge on any atom is 0.320 e. The SMILES string of the molecule is CNc1ccc(S(=O)(=O)NCC(F)(F)C(F)F)cn1. The van der Waals surface area contributed by atoms with Crippen LogP contribution >= 0.6 is 0 Å². The van der Waals surface area contributed by atoms with Gasteiger partial charge in [-0.25, -0.2) is 26.9 Å². The highest BCUT2D eigenvalue weighted by atomic mass is 32.2.